The summed E-state index contributed by atoms with van der Waals surface area (Å²) in [6.45, 7) is 0.751. The number of hydrogen-bond acceptors (Lipinski definition) is 5. The minimum atomic E-state index is -4.41. The van der Waals surface area contributed by atoms with E-state index in [1.807, 2.05) is 0 Å². The molecule has 1 aromatic carbocycles. The van der Waals surface area contributed by atoms with Crippen LogP contribution in [0, 0.1) is 0 Å². The Morgan fingerprint density at radius 1 is 1.17 bits per heavy atom. The van der Waals surface area contributed by atoms with Crippen molar-refractivity contribution < 1.29 is 23.1 Å². The number of hydrogen-bond donors (Lipinski definition) is 2. The second-order valence-corrected chi connectivity index (χ2v) is 6.73. The van der Waals surface area contributed by atoms with Gasteiger partial charge in [-0.2, -0.15) is 13.2 Å². The molecule has 0 aliphatic carbocycles. The fourth-order valence-electron chi connectivity index (χ4n) is 3.36. The van der Waals surface area contributed by atoms with Gasteiger partial charge < -0.3 is 15.3 Å². The zero-order valence-electron chi connectivity index (χ0n) is 15.0. The molecule has 29 heavy (non-hydrogen) atoms. The monoisotopic (exact) mass is 403 g/mol. The van der Waals surface area contributed by atoms with Crippen molar-refractivity contribution >= 4 is 22.8 Å². The summed E-state index contributed by atoms with van der Waals surface area (Å²) in [5.74, 6) is 0.411. The Kier molecular flexibility index (Phi) is 4.69. The third kappa shape index (κ3) is 3.78. The van der Waals surface area contributed by atoms with Crippen LogP contribution in [0.3, 0.4) is 0 Å². The van der Waals surface area contributed by atoms with Crippen LogP contribution in [0.1, 0.15) is 12.0 Å². The van der Waals surface area contributed by atoms with Crippen molar-refractivity contribution in [2.75, 3.05) is 18.4 Å². The van der Waals surface area contributed by atoms with Gasteiger partial charge in [-0.05, 0) is 30.7 Å². The molecule has 0 saturated carbocycles. The van der Waals surface area contributed by atoms with E-state index in [1.165, 1.54) is 17.0 Å². The van der Waals surface area contributed by atoms with Gasteiger partial charge in [-0.3, -0.25) is 4.98 Å². The molecule has 1 amide bonds. The van der Waals surface area contributed by atoms with Crippen LogP contribution in [0.15, 0.2) is 42.6 Å². The number of fused-ring (bicyclic) bond motifs is 1. The number of anilines is 1. The van der Waals surface area contributed by atoms with Gasteiger partial charge in [-0.25, -0.2) is 4.79 Å². The highest BCUT2D eigenvalue weighted by atomic mass is 19.4. The van der Waals surface area contributed by atoms with Crippen LogP contribution in [-0.4, -0.2) is 50.4 Å². The Bertz CT molecular complexity index is 1060. The minimum Gasteiger partial charge on any atom is -0.465 e. The number of amides is 1. The van der Waals surface area contributed by atoms with Crippen LogP contribution in [0.4, 0.5) is 23.8 Å². The number of carbonyl (C=O) groups is 1. The fourth-order valence-corrected chi connectivity index (χ4v) is 3.36. The van der Waals surface area contributed by atoms with E-state index in [0.717, 1.165) is 12.1 Å². The third-order valence-electron chi connectivity index (χ3n) is 4.82. The van der Waals surface area contributed by atoms with Crippen molar-refractivity contribution in [3.8, 4) is 11.3 Å². The molecule has 1 atom stereocenters. The number of rotatable bonds is 3. The smallest absolute Gasteiger partial charge is 0.416 e. The molecule has 3 aromatic rings. The second-order valence-electron chi connectivity index (χ2n) is 6.73. The lowest BCUT2D eigenvalue weighted by molar-refractivity contribution is -0.137. The van der Waals surface area contributed by atoms with Crippen LogP contribution in [0.2, 0.25) is 0 Å². The van der Waals surface area contributed by atoms with Crippen molar-refractivity contribution in [1.82, 2.24) is 20.1 Å². The maximum Gasteiger partial charge on any atom is 0.416 e. The predicted molar refractivity (Wildman–Crippen MR) is 99.4 cm³/mol. The Labute approximate surface area is 163 Å². The van der Waals surface area contributed by atoms with Crippen LogP contribution < -0.4 is 5.32 Å². The highest BCUT2D eigenvalue weighted by Crippen LogP contribution is 2.33. The molecule has 1 fully saturated rings. The van der Waals surface area contributed by atoms with Gasteiger partial charge in [0.1, 0.15) is 11.2 Å². The Morgan fingerprint density at radius 2 is 1.93 bits per heavy atom. The van der Waals surface area contributed by atoms with Crippen LogP contribution >= 0.6 is 0 Å². The average molecular weight is 403 g/mol. The Morgan fingerprint density at radius 3 is 2.59 bits per heavy atom. The highest BCUT2D eigenvalue weighted by molar-refractivity contribution is 5.97. The van der Waals surface area contributed by atoms with Gasteiger partial charge in [-0.15, -0.1) is 10.2 Å². The summed E-state index contributed by atoms with van der Waals surface area (Å²) in [6.07, 6.45) is -3.17. The quantitative estimate of drug-likeness (QED) is 0.690. The first-order chi connectivity index (χ1) is 13.8. The molecule has 150 valence electrons. The number of nitrogens with one attached hydrogen (secondary N) is 1. The molecule has 3 heterocycles. The average Bonchev–Trinajstić information content (AvgIpc) is 3.17. The number of likely N-dealkylation sites (tertiary alicyclic amines) is 1. The maximum absolute atomic E-state index is 12.8. The minimum absolute atomic E-state index is 0.123. The summed E-state index contributed by atoms with van der Waals surface area (Å²) < 4.78 is 38.4. The molecule has 10 heteroatoms. The van der Waals surface area contributed by atoms with Crippen LogP contribution in [-0.2, 0) is 6.18 Å². The molecule has 0 spiro atoms. The SMILES string of the molecule is O=C(O)N1CCC(Nc2nnc(-c3ccc(C(F)(F)F)cc3)c3cccnc23)C1. The highest BCUT2D eigenvalue weighted by Gasteiger charge is 2.30. The molecule has 7 nitrogen and oxygen atoms in total. The molecule has 1 unspecified atom stereocenters. The van der Waals surface area contributed by atoms with Gasteiger partial charge in [-0.1, -0.05) is 12.1 Å². The molecule has 2 N–H and O–H groups in total. The van der Waals surface area contributed by atoms with Gasteiger partial charge in [0.2, 0.25) is 0 Å². The summed E-state index contributed by atoms with van der Waals surface area (Å²) >= 11 is 0. The van der Waals surface area contributed by atoms with Crippen molar-refractivity contribution in [1.29, 1.82) is 0 Å². The molecular formula is C19H16F3N5O2. The molecule has 0 bridgehead atoms. The molecule has 0 radical (unpaired) electrons. The van der Waals surface area contributed by atoms with E-state index in [9.17, 15) is 18.0 Å². The van der Waals surface area contributed by atoms with Crippen LogP contribution in [0.25, 0.3) is 22.2 Å². The number of pyridine rings is 1. The van der Waals surface area contributed by atoms with E-state index in [2.05, 4.69) is 20.5 Å². The van der Waals surface area contributed by atoms with Gasteiger partial charge in [0.15, 0.2) is 5.82 Å². The summed E-state index contributed by atoms with van der Waals surface area (Å²) in [7, 11) is 0. The Balaban J connectivity index is 1.66. The number of aromatic nitrogens is 3. The summed E-state index contributed by atoms with van der Waals surface area (Å²) in [5.41, 5.74) is 0.698. The number of carboxylic acid groups (broad SMARTS) is 1. The summed E-state index contributed by atoms with van der Waals surface area (Å²) in [5, 5.41) is 21.3. The molecular weight excluding hydrogens is 387 g/mol. The van der Waals surface area contributed by atoms with E-state index < -0.39 is 17.8 Å². The summed E-state index contributed by atoms with van der Waals surface area (Å²) in [4.78, 5) is 16.7. The third-order valence-corrected chi connectivity index (χ3v) is 4.82. The van der Waals surface area contributed by atoms with E-state index in [1.54, 1.807) is 18.3 Å². The van der Waals surface area contributed by atoms with Crippen molar-refractivity contribution in [3.05, 3.63) is 48.2 Å². The van der Waals surface area contributed by atoms with Gasteiger partial charge in [0.25, 0.3) is 0 Å². The maximum atomic E-state index is 12.8. The molecule has 4 rings (SSSR count). The predicted octanol–water partition coefficient (Wildman–Crippen LogP) is 3.87. The Hall–Kier alpha value is -3.43. The molecule has 1 saturated heterocycles. The lowest BCUT2D eigenvalue weighted by Crippen LogP contribution is -2.30. The zero-order chi connectivity index (χ0) is 20.6. The van der Waals surface area contributed by atoms with E-state index in [-0.39, 0.29) is 6.04 Å². The lowest BCUT2D eigenvalue weighted by Gasteiger charge is -2.16. The van der Waals surface area contributed by atoms with Crippen LogP contribution in [0.5, 0.6) is 0 Å². The first-order valence-electron chi connectivity index (χ1n) is 8.86. The second kappa shape index (κ2) is 7.19. The number of halogens is 3. The summed E-state index contributed by atoms with van der Waals surface area (Å²) in [6, 6.07) is 8.08. The molecule has 2 aromatic heterocycles. The van der Waals surface area contributed by atoms with E-state index >= 15 is 0 Å². The first-order valence-corrected chi connectivity index (χ1v) is 8.86. The topological polar surface area (TPSA) is 91.2 Å². The van der Waals surface area contributed by atoms with E-state index in [0.29, 0.717) is 47.5 Å². The standard InChI is InChI=1S/C19H16F3N5O2/c20-19(21,22)12-5-3-11(4-6-12)15-14-2-1-8-23-16(14)17(26-25-15)24-13-7-9-27(10-13)18(28)29/h1-6,8,13H,7,9-10H2,(H,24,26)(H,28,29). The van der Waals surface area contributed by atoms with Gasteiger partial charge >= 0.3 is 12.3 Å². The van der Waals surface area contributed by atoms with Crippen molar-refractivity contribution in [2.24, 2.45) is 0 Å². The number of alkyl halides is 3. The first kappa shape index (κ1) is 18.9. The number of nitrogens with zero attached hydrogens (tertiary/aromatic N) is 4. The van der Waals surface area contributed by atoms with Gasteiger partial charge in [0, 0.05) is 36.3 Å². The molecule has 1 aliphatic heterocycles. The zero-order valence-corrected chi connectivity index (χ0v) is 15.0. The fraction of sp³-hybridized carbons (Fsp3) is 0.263. The molecule has 1 aliphatic rings. The van der Waals surface area contributed by atoms with Crippen molar-refractivity contribution in [3.63, 3.8) is 0 Å². The van der Waals surface area contributed by atoms with Crippen molar-refractivity contribution in [2.45, 2.75) is 18.6 Å². The lowest BCUT2D eigenvalue weighted by atomic mass is 10.1. The van der Waals surface area contributed by atoms with E-state index in [4.69, 9.17) is 5.11 Å². The number of benzene rings is 1. The normalized spacial score (nSPS) is 16.9. The van der Waals surface area contributed by atoms with Gasteiger partial charge in [0.05, 0.1) is 5.56 Å². The largest absolute Gasteiger partial charge is 0.465 e.